The van der Waals surface area contributed by atoms with Crippen LogP contribution in [0.1, 0.15) is 35.7 Å². The van der Waals surface area contributed by atoms with E-state index in [9.17, 15) is 9.90 Å². The number of hydrogen-bond acceptors (Lipinski definition) is 3. The fraction of sp³-hybridized carbons (Fsp3) is 0.160. The molecular formula is C25H22ClNO3. The SMILES string of the molecule is CCCCn1cc(C(=O)c2ccc(O)cc2)c2cc(Oc3ccc(Cl)cc3)ccc21. The molecule has 30 heavy (non-hydrogen) atoms. The van der Waals surface area contributed by atoms with Crippen LogP contribution in [0, 0.1) is 0 Å². The maximum absolute atomic E-state index is 13.2. The number of carbonyl (C=O) groups is 1. The first-order valence-electron chi connectivity index (χ1n) is 9.95. The number of aromatic hydroxyl groups is 1. The third-order valence-electron chi connectivity index (χ3n) is 5.03. The number of benzene rings is 3. The van der Waals surface area contributed by atoms with E-state index < -0.39 is 0 Å². The standard InChI is InChI=1S/C25H22ClNO3/c1-2-3-14-27-16-23(25(29)17-4-8-19(28)9-5-17)22-15-21(12-13-24(22)27)30-20-10-6-18(26)7-11-20/h4-13,15-16,28H,2-3,14H2,1H3. The zero-order chi connectivity index (χ0) is 21.1. The molecule has 0 unspecified atom stereocenters. The fourth-order valence-corrected chi connectivity index (χ4v) is 3.57. The minimum Gasteiger partial charge on any atom is -0.508 e. The van der Waals surface area contributed by atoms with E-state index in [0.717, 1.165) is 30.3 Å². The Kier molecular flexibility index (Phi) is 5.77. The maximum Gasteiger partial charge on any atom is 0.195 e. The molecule has 152 valence electrons. The molecule has 1 N–H and O–H groups in total. The van der Waals surface area contributed by atoms with Crippen LogP contribution >= 0.6 is 11.6 Å². The molecule has 3 aromatic carbocycles. The molecule has 4 rings (SSSR count). The number of unbranched alkanes of at least 4 members (excludes halogenated alkanes) is 1. The van der Waals surface area contributed by atoms with Crippen molar-refractivity contribution in [3.63, 3.8) is 0 Å². The molecule has 0 saturated carbocycles. The number of phenolic OH excluding ortho intramolecular Hbond substituents is 1. The molecule has 5 heteroatoms. The third kappa shape index (κ3) is 4.19. The molecule has 1 aromatic heterocycles. The number of phenols is 1. The second-order valence-electron chi connectivity index (χ2n) is 7.20. The van der Waals surface area contributed by atoms with Crippen molar-refractivity contribution in [2.45, 2.75) is 26.3 Å². The summed E-state index contributed by atoms with van der Waals surface area (Å²) in [4.78, 5) is 13.2. The smallest absolute Gasteiger partial charge is 0.195 e. The number of halogens is 1. The number of ketones is 1. The lowest BCUT2D eigenvalue weighted by atomic mass is 10.0. The zero-order valence-electron chi connectivity index (χ0n) is 16.6. The average molecular weight is 420 g/mol. The van der Waals surface area contributed by atoms with Gasteiger partial charge in [-0.15, -0.1) is 0 Å². The number of carbonyl (C=O) groups excluding carboxylic acids is 1. The first-order chi connectivity index (χ1) is 14.5. The molecule has 4 nitrogen and oxygen atoms in total. The maximum atomic E-state index is 13.2. The molecule has 1 heterocycles. The first-order valence-corrected chi connectivity index (χ1v) is 10.3. The number of aromatic nitrogens is 1. The normalized spacial score (nSPS) is 11.0. The highest BCUT2D eigenvalue weighted by atomic mass is 35.5. The zero-order valence-corrected chi connectivity index (χ0v) is 17.4. The molecule has 0 radical (unpaired) electrons. The van der Waals surface area contributed by atoms with Crippen molar-refractivity contribution in [1.82, 2.24) is 4.57 Å². The van der Waals surface area contributed by atoms with Gasteiger partial charge in [-0.2, -0.15) is 0 Å². The molecule has 0 amide bonds. The minimum absolute atomic E-state index is 0.0844. The summed E-state index contributed by atoms with van der Waals surface area (Å²) >= 11 is 5.95. The van der Waals surface area contributed by atoms with Crippen molar-refractivity contribution in [2.75, 3.05) is 0 Å². The van der Waals surface area contributed by atoms with Gasteiger partial charge in [0.1, 0.15) is 17.2 Å². The van der Waals surface area contributed by atoms with Gasteiger partial charge in [0, 0.05) is 39.8 Å². The van der Waals surface area contributed by atoms with Crippen molar-refractivity contribution >= 4 is 28.3 Å². The van der Waals surface area contributed by atoms with E-state index in [0.29, 0.717) is 27.6 Å². The summed E-state index contributed by atoms with van der Waals surface area (Å²) in [5, 5.41) is 11.0. The van der Waals surface area contributed by atoms with Crippen molar-refractivity contribution < 1.29 is 14.6 Å². The Morgan fingerprint density at radius 1 is 1.00 bits per heavy atom. The lowest BCUT2D eigenvalue weighted by molar-refractivity contribution is 0.104. The Morgan fingerprint density at radius 2 is 1.70 bits per heavy atom. The highest BCUT2D eigenvalue weighted by molar-refractivity contribution is 6.30. The topological polar surface area (TPSA) is 51.5 Å². The largest absolute Gasteiger partial charge is 0.508 e. The van der Waals surface area contributed by atoms with Crippen molar-refractivity contribution in [3.8, 4) is 17.2 Å². The van der Waals surface area contributed by atoms with E-state index in [4.69, 9.17) is 16.3 Å². The molecule has 0 fully saturated rings. The summed E-state index contributed by atoms with van der Waals surface area (Å²) in [5.41, 5.74) is 2.15. The van der Waals surface area contributed by atoms with Crippen molar-refractivity contribution in [3.05, 3.63) is 89.1 Å². The molecule has 0 spiro atoms. The predicted molar refractivity (Wildman–Crippen MR) is 120 cm³/mol. The second kappa shape index (κ2) is 8.64. The monoisotopic (exact) mass is 419 g/mol. The lowest BCUT2D eigenvalue weighted by Gasteiger charge is -2.08. The van der Waals surface area contributed by atoms with Crippen molar-refractivity contribution in [1.29, 1.82) is 0 Å². The molecule has 0 aliphatic carbocycles. The van der Waals surface area contributed by atoms with E-state index in [1.165, 1.54) is 12.1 Å². The summed E-state index contributed by atoms with van der Waals surface area (Å²) in [6, 6.07) is 19.3. The molecule has 0 bridgehead atoms. The highest BCUT2D eigenvalue weighted by Crippen LogP contribution is 2.31. The Hall–Kier alpha value is -3.24. The van der Waals surface area contributed by atoms with E-state index in [1.807, 2.05) is 36.5 Å². The van der Waals surface area contributed by atoms with Crippen LogP contribution in [0.25, 0.3) is 10.9 Å². The molecular weight excluding hydrogens is 398 g/mol. The van der Waals surface area contributed by atoms with Gasteiger partial charge in [-0.3, -0.25) is 4.79 Å². The Labute approximate surface area is 180 Å². The Bertz CT molecular complexity index is 1180. The van der Waals surface area contributed by atoms with E-state index in [1.54, 1.807) is 24.3 Å². The summed E-state index contributed by atoms with van der Waals surface area (Å²) in [7, 11) is 0. The Balaban J connectivity index is 1.75. The van der Waals surface area contributed by atoms with Gasteiger partial charge in [0.15, 0.2) is 5.78 Å². The summed E-state index contributed by atoms with van der Waals surface area (Å²) in [6.45, 7) is 2.99. The van der Waals surface area contributed by atoms with Crippen LogP contribution in [-0.4, -0.2) is 15.5 Å². The average Bonchev–Trinajstić information content (AvgIpc) is 3.12. The van der Waals surface area contributed by atoms with Crippen LogP contribution in [0.15, 0.2) is 72.9 Å². The predicted octanol–water partition coefficient (Wildman–Crippen LogP) is 6.82. The first kappa shape index (κ1) is 20.0. The third-order valence-corrected chi connectivity index (χ3v) is 5.28. The van der Waals surface area contributed by atoms with Gasteiger partial charge >= 0.3 is 0 Å². The number of ether oxygens (including phenoxy) is 1. The van der Waals surface area contributed by atoms with Gasteiger partial charge < -0.3 is 14.4 Å². The lowest BCUT2D eigenvalue weighted by Crippen LogP contribution is -2.00. The van der Waals surface area contributed by atoms with Crippen LogP contribution in [0.2, 0.25) is 5.02 Å². The molecule has 0 aliphatic rings. The van der Waals surface area contributed by atoms with E-state index >= 15 is 0 Å². The van der Waals surface area contributed by atoms with Crippen LogP contribution in [0.4, 0.5) is 0 Å². The number of nitrogens with zero attached hydrogens (tertiary/aromatic N) is 1. The minimum atomic E-state index is -0.0844. The molecule has 4 aromatic rings. The number of rotatable bonds is 7. The summed E-state index contributed by atoms with van der Waals surface area (Å²) in [5.74, 6) is 1.38. The number of hydrogen-bond donors (Lipinski definition) is 1. The van der Waals surface area contributed by atoms with Crippen LogP contribution in [0.5, 0.6) is 17.2 Å². The fourth-order valence-electron chi connectivity index (χ4n) is 3.44. The van der Waals surface area contributed by atoms with E-state index in [2.05, 4.69) is 11.5 Å². The van der Waals surface area contributed by atoms with Gasteiger partial charge in [-0.25, -0.2) is 0 Å². The Morgan fingerprint density at radius 3 is 2.40 bits per heavy atom. The number of aryl methyl sites for hydroxylation is 1. The molecule has 0 atom stereocenters. The van der Waals surface area contributed by atoms with Crippen molar-refractivity contribution in [2.24, 2.45) is 0 Å². The van der Waals surface area contributed by atoms with Gasteiger partial charge in [-0.1, -0.05) is 24.9 Å². The van der Waals surface area contributed by atoms with Crippen LogP contribution < -0.4 is 4.74 Å². The molecule has 0 aliphatic heterocycles. The van der Waals surface area contributed by atoms with Crippen LogP contribution in [0.3, 0.4) is 0 Å². The van der Waals surface area contributed by atoms with Gasteiger partial charge in [0.05, 0.1) is 0 Å². The van der Waals surface area contributed by atoms with Gasteiger partial charge in [0.25, 0.3) is 0 Å². The quantitative estimate of drug-likeness (QED) is 0.334. The van der Waals surface area contributed by atoms with Gasteiger partial charge in [0.2, 0.25) is 0 Å². The summed E-state index contributed by atoms with van der Waals surface area (Å²) in [6.07, 6.45) is 4.01. The van der Waals surface area contributed by atoms with Crippen LogP contribution in [-0.2, 0) is 6.54 Å². The summed E-state index contributed by atoms with van der Waals surface area (Å²) < 4.78 is 8.10. The van der Waals surface area contributed by atoms with E-state index in [-0.39, 0.29) is 11.5 Å². The number of fused-ring (bicyclic) bond motifs is 1. The van der Waals surface area contributed by atoms with Gasteiger partial charge in [-0.05, 0) is 73.2 Å². The second-order valence-corrected chi connectivity index (χ2v) is 7.64. The molecule has 0 saturated heterocycles. The highest BCUT2D eigenvalue weighted by Gasteiger charge is 2.18.